The molecule has 0 aliphatic heterocycles. The number of carbonyl (C=O) groups is 1. The number of phenols is 1. The Morgan fingerprint density at radius 3 is 3.00 bits per heavy atom. The third-order valence-electron chi connectivity index (χ3n) is 2.66. The standard InChI is InChI=1S/C14H14O2/c1-10(15)6-7-13-8-11-4-2-3-5-12(11)9-14(13)16/h2,4,6-9,16H,3,5H2,1H3/b7-6+. The molecule has 0 atom stereocenters. The van der Waals surface area contributed by atoms with E-state index in [1.807, 2.05) is 6.07 Å². The van der Waals surface area contributed by atoms with Crippen molar-refractivity contribution in [1.29, 1.82) is 0 Å². The van der Waals surface area contributed by atoms with Crippen LogP contribution in [-0.2, 0) is 11.2 Å². The lowest BCUT2D eigenvalue weighted by molar-refractivity contribution is -0.112. The fourth-order valence-corrected chi connectivity index (χ4v) is 1.83. The van der Waals surface area contributed by atoms with Gasteiger partial charge in [0.1, 0.15) is 5.75 Å². The molecule has 2 rings (SSSR count). The van der Waals surface area contributed by atoms with Crippen LogP contribution in [-0.4, -0.2) is 10.9 Å². The van der Waals surface area contributed by atoms with E-state index in [0.29, 0.717) is 5.56 Å². The predicted octanol–water partition coefficient (Wildman–Crippen LogP) is 2.95. The normalized spacial score (nSPS) is 14.1. The number of aryl methyl sites for hydroxylation is 1. The van der Waals surface area contributed by atoms with E-state index in [1.165, 1.54) is 18.6 Å². The largest absolute Gasteiger partial charge is 0.507 e. The molecule has 2 nitrogen and oxygen atoms in total. The summed E-state index contributed by atoms with van der Waals surface area (Å²) in [5.74, 6) is 0.221. The van der Waals surface area contributed by atoms with Gasteiger partial charge in [-0.15, -0.1) is 0 Å². The van der Waals surface area contributed by atoms with Crippen LogP contribution in [0.3, 0.4) is 0 Å². The van der Waals surface area contributed by atoms with Crippen LogP contribution < -0.4 is 0 Å². The SMILES string of the molecule is CC(=O)/C=C/c1cc2c(cc1O)CCC=C2. The topological polar surface area (TPSA) is 37.3 Å². The molecule has 0 radical (unpaired) electrons. The van der Waals surface area contributed by atoms with Gasteiger partial charge in [-0.25, -0.2) is 0 Å². The summed E-state index contributed by atoms with van der Waals surface area (Å²) in [7, 11) is 0. The Morgan fingerprint density at radius 1 is 1.44 bits per heavy atom. The quantitative estimate of drug-likeness (QED) is 0.768. The van der Waals surface area contributed by atoms with E-state index < -0.39 is 0 Å². The Kier molecular flexibility index (Phi) is 2.91. The fourth-order valence-electron chi connectivity index (χ4n) is 1.83. The van der Waals surface area contributed by atoms with Crippen molar-refractivity contribution in [1.82, 2.24) is 0 Å². The Morgan fingerprint density at radius 2 is 2.25 bits per heavy atom. The van der Waals surface area contributed by atoms with E-state index in [2.05, 4.69) is 12.2 Å². The van der Waals surface area contributed by atoms with E-state index in [1.54, 1.807) is 12.1 Å². The number of fused-ring (bicyclic) bond motifs is 1. The minimum Gasteiger partial charge on any atom is -0.507 e. The summed E-state index contributed by atoms with van der Waals surface area (Å²) in [6.45, 7) is 1.49. The number of hydrogen-bond donors (Lipinski definition) is 1. The van der Waals surface area contributed by atoms with Crippen molar-refractivity contribution in [3.8, 4) is 5.75 Å². The second-order valence-corrected chi connectivity index (χ2v) is 3.99. The lowest BCUT2D eigenvalue weighted by atomic mass is 9.94. The van der Waals surface area contributed by atoms with E-state index in [9.17, 15) is 9.90 Å². The first-order chi connectivity index (χ1) is 7.66. The maximum Gasteiger partial charge on any atom is 0.152 e. The van der Waals surface area contributed by atoms with Gasteiger partial charge in [0, 0.05) is 5.56 Å². The van der Waals surface area contributed by atoms with Crippen molar-refractivity contribution >= 4 is 17.9 Å². The van der Waals surface area contributed by atoms with Crippen LogP contribution in [0.4, 0.5) is 0 Å². The molecule has 82 valence electrons. The third kappa shape index (κ3) is 2.22. The number of allylic oxidation sites excluding steroid dienone is 2. The zero-order valence-electron chi connectivity index (χ0n) is 9.23. The van der Waals surface area contributed by atoms with Gasteiger partial charge in [0.15, 0.2) is 5.78 Å². The molecule has 0 unspecified atom stereocenters. The molecular formula is C14H14O2. The van der Waals surface area contributed by atoms with Crippen LogP contribution in [0.1, 0.15) is 30.0 Å². The number of phenolic OH excluding ortho intramolecular Hbond substituents is 1. The fraction of sp³-hybridized carbons (Fsp3) is 0.214. The number of aromatic hydroxyl groups is 1. The van der Waals surface area contributed by atoms with Crippen molar-refractivity contribution in [2.24, 2.45) is 0 Å². The molecule has 1 aliphatic rings. The van der Waals surface area contributed by atoms with Gasteiger partial charge in [-0.1, -0.05) is 12.2 Å². The van der Waals surface area contributed by atoms with Gasteiger partial charge >= 0.3 is 0 Å². The highest BCUT2D eigenvalue weighted by molar-refractivity contribution is 5.92. The van der Waals surface area contributed by atoms with E-state index >= 15 is 0 Å². The summed E-state index contributed by atoms with van der Waals surface area (Å²) in [6, 6.07) is 3.71. The van der Waals surface area contributed by atoms with Gasteiger partial charge in [-0.2, -0.15) is 0 Å². The first-order valence-corrected chi connectivity index (χ1v) is 5.38. The Hall–Kier alpha value is -1.83. The average Bonchev–Trinajstić information content (AvgIpc) is 2.26. The molecule has 1 aromatic carbocycles. The summed E-state index contributed by atoms with van der Waals surface area (Å²) in [6.07, 6.45) is 9.29. The Balaban J connectivity index is 2.41. The number of ketones is 1. The molecule has 0 saturated heterocycles. The molecular weight excluding hydrogens is 200 g/mol. The predicted molar refractivity (Wildman–Crippen MR) is 65.2 cm³/mol. The monoisotopic (exact) mass is 214 g/mol. The summed E-state index contributed by atoms with van der Waals surface area (Å²) < 4.78 is 0. The van der Waals surface area contributed by atoms with Gasteiger partial charge in [-0.3, -0.25) is 4.79 Å². The van der Waals surface area contributed by atoms with Crippen molar-refractivity contribution in [3.05, 3.63) is 41.0 Å². The van der Waals surface area contributed by atoms with Crippen LogP contribution in [0, 0.1) is 0 Å². The Bertz CT molecular complexity index is 482. The maximum atomic E-state index is 10.8. The molecule has 0 heterocycles. The van der Waals surface area contributed by atoms with Crippen molar-refractivity contribution < 1.29 is 9.90 Å². The van der Waals surface area contributed by atoms with Crippen molar-refractivity contribution in [2.45, 2.75) is 19.8 Å². The van der Waals surface area contributed by atoms with Crippen LogP contribution in [0.15, 0.2) is 24.3 Å². The molecule has 2 heteroatoms. The first-order valence-electron chi connectivity index (χ1n) is 5.38. The van der Waals surface area contributed by atoms with Crippen LogP contribution in [0.5, 0.6) is 5.75 Å². The highest BCUT2D eigenvalue weighted by atomic mass is 16.3. The van der Waals surface area contributed by atoms with E-state index in [0.717, 1.165) is 18.4 Å². The molecule has 0 fully saturated rings. The average molecular weight is 214 g/mol. The number of benzene rings is 1. The Labute approximate surface area is 94.9 Å². The smallest absolute Gasteiger partial charge is 0.152 e. The summed E-state index contributed by atoms with van der Waals surface area (Å²) in [5, 5.41) is 9.79. The third-order valence-corrected chi connectivity index (χ3v) is 2.66. The molecule has 0 bridgehead atoms. The molecule has 0 spiro atoms. The van der Waals surface area contributed by atoms with Gasteiger partial charge in [0.05, 0.1) is 0 Å². The minimum atomic E-state index is -0.0207. The molecule has 0 aromatic heterocycles. The number of carbonyl (C=O) groups excluding carboxylic acids is 1. The second-order valence-electron chi connectivity index (χ2n) is 3.99. The van der Waals surface area contributed by atoms with Crippen molar-refractivity contribution in [2.75, 3.05) is 0 Å². The second kappa shape index (κ2) is 4.35. The molecule has 16 heavy (non-hydrogen) atoms. The van der Waals surface area contributed by atoms with Crippen LogP contribution >= 0.6 is 0 Å². The lowest BCUT2D eigenvalue weighted by Gasteiger charge is -2.12. The van der Waals surface area contributed by atoms with Crippen LogP contribution in [0.25, 0.3) is 12.2 Å². The lowest BCUT2D eigenvalue weighted by Crippen LogP contribution is -1.94. The molecule has 1 aromatic rings. The summed E-state index contributed by atoms with van der Waals surface area (Å²) >= 11 is 0. The van der Waals surface area contributed by atoms with Gasteiger partial charge in [0.25, 0.3) is 0 Å². The highest BCUT2D eigenvalue weighted by Gasteiger charge is 2.08. The maximum absolute atomic E-state index is 10.8. The number of rotatable bonds is 2. The zero-order chi connectivity index (χ0) is 11.5. The van der Waals surface area contributed by atoms with E-state index in [4.69, 9.17) is 0 Å². The molecule has 1 aliphatic carbocycles. The van der Waals surface area contributed by atoms with Crippen molar-refractivity contribution in [3.63, 3.8) is 0 Å². The molecule has 0 amide bonds. The number of hydrogen-bond acceptors (Lipinski definition) is 2. The van der Waals surface area contributed by atoms with Crippen LogP contribution in [0.2, 0.25) is 0 Å². The van der Waals surface area contributed by atoms with E-state index in [-0.39, 0.29) is 11.5 Å². The first kappa shape index (κ1) is 10.7. The summed E-state index contributed by atoms with van der Waals surface area (Å²) in [4.78, 5) is 10.8. The summed E-state index contributed by atoms with van der Waals surface area (Å²) in [5.41, 5.74) is 2.99. The highest BCUT2D eigenvalue weighted by Crippen LogP contribution is 2.28. The van der Waals surface area contributed by atoms with Gasteiger partial charge in [-0.05, 0) is 55.2 Å². The molecule has 1 N–H and O–H groups in total. The van der Waals surface area contributed by atoms with Gasteiger partial charge < -0.3 is 5.11 Å². The minimum absolute atomic E-state index is 0.0207. The molecule has 0 saturated carbocycles. The zero-order valence-corrected chi connectivity index (χ0v) is 9.23. The van der Waals surface area contributed by atoms with Gasteiger partial charge in [0.2, 0.25) is 0 Å².